The van der Waals surface area contributed by atoms with Crippen molar-refractivity contribution >= 4 is 74.9 Å². The molecule has 0 N–H and O–H groups in total. The van der Waals surface area contributed by atoms with Crippen molar-refractivity contribution in [2.75, 3.05) is 0 Å². The molecule has 8 aromatic rings. The second kappa shape index (κ2) is 6.69. The number of hydrogen-bond donors (Lipinski definition) is 0. The third kappa shape index (κ3) is 2.28. The van der Waals surface area contributed by atoms with E-state index >= 15 is 0 Å². The Morgan fingerprint density at radius 2 is 1.15 bits per heavy atom. The van der Waals surface area contributed by atoms with Crippen LogP contribution < -0.4 is 0 Å². The Morgan fingerprint density at radius 1 is 0.471 bits per heavy atom. The van der Waals surface area contributed by atoms with Crippen molar-refractivity contribution in [3.63, 3.8) is 0 Å². The highest BCUT2D eigenvalue weighted by Gasteiger charge is 2.22. The van der Waals surface area contributed by atoms with Crippen LogP contribution in [0.25, 0.3) is 69.2 Å². The molecule has 0 saturated heterocycles. The molecule has 0 amide bonds. The predicted octanol–water partition coefficient (Wildman–Crippen LogP) is 9.46. The van der Waals surface area contributed by atoms with E-state index in [1.165, 1.54) is 69.2 Å². The minimum atomic E-state index is 1.20. The fourth-order valence-corrected chi connectivity index (χ4v) is 7.02. The van der Waals surface area contributed by atoms with Crippen LogP contribution in [0.15, 0.2) is 115 Å². The maximum Gasteiger partial charge on any atom is 0.0640 e. The smallest absolute Gasteiger partial charge is 0.0640 e. The first kappa shape index (κ1) is 18.3. The normalized spacial score (nSPS) is 12.1. The third-order valence-electron chi connectivity index (χ3n) is 7.15. The van der Waals surface area contributed by atoms with Crippen molar-refractivity contribution in [3.8, 4) is 5.69 Å². The topological polar surface area (TPSA) is 4.93 Å². The van der Waals surface area contributed by atoms with E-state index in [2.05, 4.69) is 120 Å². The summed E-state index contributed by atoms with van der Waals surface area (Å²) in [6.45, 7) is 0. The zero-order valence-electron chi connectivity index (χ0n) is 18.3. The van der Waals surface area contributed by atoms with Crippen LogP contribution in [0.4, 0.5) is 0 Å². The summed E-state index contributed by atoms with van der Waals surface area (Å²) in [4.78, 5) is 0. The molecule has 0 fully saturated rings. The highest BCUT2D eigenvalue weighted by atomic mass is 32.1. The first-order chi connectivity index (χ1) is 16.9. The largest absolute Gasteiger partial charge is 0.309 e. The summed E-state index contributed by atoms with van der Waals surface area (Å²) in [6.07, 6.45) is 0. The average Bonchev–Trinajstić information content (AvgIpc) is 3.46. The van der Waals surface area contributed by atoms with Crippen LogP contribution in [-0.2, 0) is 0 Å². The number of aromatic nitrogens is 1. The van der Waals surface area contributed by atoms with Crippen LogP contribution in [0.3, 0.4) is 0 Å². The van der Waals surface area contributed by atoms with E-state index in [4.69, 9.17) is 0 Å². The summed E-state index contributed by atoms with van der Waals surface area (Å²) in [6, 6.07) is 42.0. The summed E-state index contributed by atoms with van der Waals surface area (Å²) < 4.78 is 5.20. The molecule has 2 heterocycles. The molecule has 0 aliphatic heterocycles. The van der Waals surface area contributed by atoms with E-state index in [1.54, 1.807) is 0 Å². The summed E-state index contributed by atoms with van der Waals surface area (Å²) in [5.41, 5.74) is 3.76. The van der Waals surface area contributed by atoms with Gasteiger partial charge >= 0.3 is 0 Å². The molecule has 2 heteroatoms. The van der Waals surface area contributed by atoms with E-state index < -0.39 is 0 Å². The Balaban J connectivity index is 1.81. The molecule has 34 heavy (non-hydrogen) atoms. The zero-order valence-corrected chi connectivity index (χ0v) is 19.1. The number of hydrogen-bond acceptors (Lipinski definition) is 1. The molecule has 0 aliphatic carbocycles. The number of rotatable bonds is 1. The maximum absolute atomic E-state index is 2.49. The van der Waals surface area contributed by atoms with Gasteiger partial charge in [0.05, 0.1) is 11.0 Å². The summed E-state index contributed by atoms with van der Waals surface area (Å²) in [5.74, 6) is 0. The van der Waals surface area contributed by atoms with Gasteiger partial charge in [0.25, 0.3) is 0 Å². The minimum absolute atomic E-state index is 1.20. The first-order valence-electron chi connectivity index (χ1n) is 11.6. The molecule has 0 unspecified atom stereocenters. The molecular formula is C32H19NS. The second-order valence-corrected chi connectivity index (χ2v) is 9.98. The first-order valence-corrected chi connectivity index (χ1v) is 12.4. The van der Waals surface area contributed by atoms with Gasteiger partial charge in [-0.25, -0.2) is 0 Å². The molecule has 1 nitrogen and oxygen atoms in total. The lowest BCUT2D eigenvalue weighted by Crippen LogP contribution is -1.93. The molecule has 0 atom stereocenters. The lowest BCUT2D eigenvalue weighted by Gasteiger charge is -2.10. The second-order valence-electron chi connectivity index (χ2n) is 8.92. The average molecular weight is 450 g/mol. The van der Waals surface area contributed by atoms with Gasteiger partial charge in [-0.15, -0.1) is 11.3 Å². The summed E-state index contributed by atoms with van der Waals surface area (Å²) in [7, 11) is 0. The number of thiophene rings is 1. The molecular weight excluding hydrogens is 430 g/mol. The van der Waals surface area contributed by atoms with Gasteiger partial charge in [0.2, 0.25) is 0 Å². The molecule has 0 saturated carbocycles. The fourth-order valence-electron chi connectivity index (χ4n) is 5.77. The molecule has 0 aliphatic rings. The highest BCUT2D eigenvalue weighted by molar-refractivity contribution is 7.27. The summed E-state index contributed by atoms with van der Waals surface area (Å²) >= 11 is 1.91. The van der Waals surface area contributed by atoms with Crippen molar-refractivity contribution < 1.29 is 0 Å². The lowest BCUT2D eigenvalue weighted by molar-refractivity contribution is 1.19. The van der Waals surface area contributed by atoms with Gasteiger partial charge in [0, 0.05) is 42.0 Å². The molecule has 158 valence electrons. The SMILES string of the molecule is c1ccc(-n2c3ccc4ccccc4c3c3c4ccccc4c4sc5ccccc5c4c32)cc1. The number of benzene rings is 6. The van der Waals surface area contributed by atoms with E-state index in [0.29, 0.717) is 0 Å². The Hall–Kier alpha value is -4.14. The van der Waals surface area contributed by atoms with E-state index in [9.17, 15) is 0 Å². The molecule has 2 aromatic heterocycles. The highest BCUT2D eigenvalue weighted by Crippen LogP contribution is 2.48. The Bertz CT molecular complexity index is 2060. The fraction of sp³-hybridized carbons (Fsp3) is 0. The van der Waals surface area contributed by atoms with E-state index in [1.807, 2.05) is 11.3 Å². The van der Waals surface area contributed by atoms with Gasteiger partial charge in [-0.2, -0.15) is 0 Å². The van der Waals surface area contributed by atoms with Gasteiger partial charge < -0.3 is 4.57 Å². The van der Waals surface area contributed by atoms with Crippen LogP contribution in [0, 0.1) is 0 Å². The van der Waals surface area contributed by atoms with Crippen molar-refractivity contribution in [1.82, 2.24) is 4.57 Å². The van der Waals surface area contributed by atoms with Crippen molar-refractivity contribution in [1.29, 1.82) is 0 Å². The molecule has 0 radical (unpaired) electrons. The number of para-hydroxylation sites is 1. The molecule has 6 aromatic carbocycles. The monoisotopic (exact) mass is 449 g/mol. The number of fused-ring (bicyclic) bond motifs is 12. The predicted molar refractivity (Wildman–Crippen MR) is 149 cm³/mol. The van der Waals surface area contributed by atoms with Crippen LogP contribution in [0.1, 0.15) is 0 Å². The Labute approximate surface area is 200 Å². The quantitative estimate of drug-likeness (QED) is 0.235. The van der Waals surface area contributed by atoms with Crippen molar-refractivity contribution in [2.24, 2.45) is 0 Å². The van der Waals surface area contributed by atoms with Gasteiger partial charge in [-0.1, -0.05) is 91.0 Å². The van der Waals surface area contributed by atoms with Gasteiger partial charge in [-0.05, 0) is 40.4 Å². The molecule has 0 spiro atoms. The minimum Gasteiger partial charge on any atom is -0.309 e. The van der Waals surface area contributed by atoms with Crippen LogP contribution in [0.2, 0.25) is 0 Å². The van der Waals surface area contributed by atoms with Gasteiger partial charge in [0.1, 0.15) is 0 Å². The maximum atomic E-state index is 2.49. The van der Waals surface area contributed by atoms with Gasteiger partial charge in [-0.3, -0.25) is 0 Å². The van der Waals surface area contributed by atoms with E-state index in [0.717, 1.165) is 0 Å². The van der Waals surface area contributed by atoms with Crippen LogP contribution >= 0.6 is 11.3 Å². The van der Waals surface area contributed by atoms with Crippen molar-refractivity contribution in [2.45, 2.75) is 0 Å². The Morgan fingerprint density at radius 3 is 2.00 bits per heavy atom. The zero-order chi connectivity index (χ0) is 22.2. The van der Waals surface area contributed by atoms with Gasteiger partial charge in [0.15, 0.2) is 0 Å². The Kier molecular flexibility index (Phi) is 3.60. The van der Waals surface area contributed by atoms with E-state index in [-0.39, 0.29) is 0 Å². The molecule has 0 bridgehead atoms. The van der Waals surface area contributed by atoms with Crippen LogP contribution in [0.5, 0.6) is 0 Å². The third-order valence-corrected chi connectivity index (χ3v) is 8.35. The summed E-state index contributed by atoms with van der Waals surface area (Å²) in [5, 5.41) is 10.6. The lowest BCUT2D eigenvalue weighted by atomic mass is 9.97. The van der Waals surface area contributed by atoms with Crippen LogP contribution in [-0.4, -0.2) is 4.57 Å². The standard InChI is InChI=1S/C32H19NS/c1-2-11-21(12-3-1)33-26-19-18-20-10-4-5-13-22(20)28(26)29-23-14-6-7-15-24(23)32-30(31(29)33)25-16-8-9-17-27(25)34-32/h1-19H. The number of nitrogens with zero attached hydrogens (tertiary/aromatic N) is 1. The molecule has 8 rings (SSSR count). The van der Waals surface area contributed by atoms with Crippen molar-refractivity contribution in [3.05, 3.63) is 115 Å².